The summed E-state index contributed by atoms with van der Waals surface area (Å²) in [4.78, 5) is 6.54. The lowest BCUT2D eigenvalue weighted by molar-refractivity contribution is 0.476. The van der Waals surface area contributed by atoms with Gasteiger partial charge in [0.15, 0.2) is 5.96 Å². The van der Waals surface area contributed by atoms with E-state index in [1.165, 1.54) is 22.4 Å². The molecule has 0 aliphatic carbocycles. The van der Waals surface area contributed by atoms with Crippen LogP contribution in [0.4, 0.5) is 0 Å². The fourth-order valence-corrected chi connectivity index (χ4v) is 2.85. The molecule has 0 bridgehead atoms. The molecule has 5 nitrogen and oxygen atoms in total. The molecule has 0 fully saturated rings. The maximum atomic E-state index is 4.47. The van der Waals surface area contributed by atoms with Gasteiger partial charge in [-0.25, -0.2) is 0 Å². The molecular formula is C19H29N5. The van der Waals surface area contributed by atoms with Gasteiger partial charge in [0.05, 0.1) is 5.69 Å². The van der Waals surface area contributed by atoms with Gasteiger partial charge >= 0.3 is 0 Å². The second-order valence-corrected chi connectivity index (χ2v) is 6.20. The average Bonchev–Trinajstić information content (AvgIpc) is 2.82. The lowest BCUT2D eigenvalue weighted by Gasteiger charge is -2.22. The highest BCUT2D eigenvalue weighted by Gasteiger charge is 2.12. The van der Waals surface area contributed by atoms with E-state index in [2.05, 4.69) is 65.5 Å². The van der Waals surface area contributed by atoms with Crippen LogP contribution in [0.25, 0.3) is 0 Å². The third-order valence-corrected chi connectivity index (χ3v) is 4.51. The summed E-state index contributed by atoms with van der Waals surface area (Å²) in [6, 6.07) is 8.78. The number of guanidine groups is 1. The molecule has 5 heteroatoms. The summed E-state index contributed by atoms with van der Waals surface area (Å²) in [6.07, 6.45) is 1.07. The Morgan fingerprint density at radius 2 is 1.83 bits per heavy atom. The van der Waals surface area contributed by atoms with Gasteiger partial charge in [0, 0.05) is 45.5 Å². The summed E-state index contributed by atoms with van der Waals surface area (Å²) in [7, 11) is 5.86. The van der Waals surface area contributed by atoms with Crippen LogP contribution in [0.15, 0.2) is 29.3 Å². The minimum Gasteiger partial charge on any atom is -0.352 e. The zero-order valence-electron chi connectivity index (χ0n) is 15.7. The predicted molar refractivity (Wildman–Crippen MR) is 100 cm³/mol. The number of nitrogens with zero attached hydrogens (tertiary/aromatic N) is 4. The first-order valence-corrected chi connectivity index (χ1v) is 8.44. The molecule has 0 spiro atoms. The van der Waals surface area contributed by atoms with Crippen LogP contribution >= 0.6 is 0 Å². The first-order valence-electron chi connectivity index (χ1n) is 8.44. The Morgan fingerprint density at radius 3 is 2.33 bits per heavy atom. The summed E-state index contributed by atoms with van der Waals surface area (Å²) >= 11 is 0. The molecule has 0 radical (unpaired) electrons. The molecule has 0 saturated carbocycles. The van der Waals surface area contributed by atoms with E-state index in [1.807, 2.05) is 25.7 Å². The minimum absolute atomic E-state index is 0.733. The smallest absolute Gasteiger partial charge is 0.193 e. The maximum Gasteiger partial charge on any atom is 0.193 e. The summed E-state index contributed by atoms with van der Waals surface area (Å²) < 4.78 is 1.92. The van der Waals surface area contributed by atoms with Crippen molar-refractivity contribution in [1.29, 1.82) is 0 Å². The zero-order chi connectivity index (χ0) is 17.7. The van der Waals surface area contributed by atoms with Crippen molar-refractivity contribution in [2.45, 2.75) is 40.3 Å². The quantitative estimate of drug-likeness (QED) is 0.678. The number of aliphatic imine (C=N–C) groups is 1. The molecule has 0 atom stereocenters. The Hall–Kier alpha value is -2.30. The third-order valence-electron chi connectivity index (χ3n) is 4.51. The van der Waals surface area contributed by atoms with Crippen LogP contribution in [0, 0.1) is 13.8 Å². The van der Waals surface area contributed by atoms with E-state index < -0.39 is 0 Å². The van der Waals surface area contributed by atoms with E-state index in [4.69, 9.17) is 0 Å². The fourth-order valence-electron chi connectivity index (χ4n) is 2.85. The molecule has 1 aromatic heterocycles. The number of nitrogens with one attached hydrogen (secondary N) is 1. The van der Waals surface area contributed by atoms with Gasteiger partial charge in [-0.15, -0.1) is 0 Å². The predicted octanol–water partition coefficient (Wildman–Crippen LogP) is 2.81. The van der Waals surface area contributed by atoms with Gasteiger partial charge in [0.25, 0.3) is 0 Å². The Balaban J connectivity index is 1.99. The molecule has 2 aromatic rings. The summed E-state index contributed by atoms with van der Waals surface area (Å²) in [6.45, 7) is 7.88. The van der Waals surface area contributed by atoms with Crippen LogP contribution in [0.2, 0.25) is 0 Å². The Kier molecular flexibility index (Phi) is 6.01. The van der Waals surface area contributed by atoms with Gasteiger partial charge in [0.2, 0.25) is 0 Å². The molecule has 130 valence electrons. The number of hydrogen-bond donors (Lipinski definition) is 1. The molecule has 1 N–H and O–H groups in total. The Morgan fingerprint density at radius 1 is 1.21 bits per heavy atom. The number of aryl methyl sites for hydroxylation is 3. The Bertz CT molecular complexity index is 697. The van der Waals surface area contributed by atoms with E-state index in [9.17, 15) is 0 Å². The summed E-state index contributed by atoms with van der Waals surface area (Å²) in [5.41, 5.74) is 6.14. The van der Waals surface area contributed by atoms with Crippen molar-refractivity contribution in [1.82, 2.24) is 20.0 Å². The Labute approximate surface area is 145 Å². The molecule has 0 aliphatic heterocycles. The van der Waals surface area contributed by atoms with Crippen LogP contribution in [-0.2, 0) is 26.6 Å². The van der Waals surface area contributed by atoms with Crippen molar-refractivity contribution >= 4 is 5.96 Å². The highest BCUT2D eigenvalue weighted by atomic mass is 15.3. The molecule has 0 amide bonds. The molecular weight excluding hydrogens is 298 g/mol. The van der Waals surface area contributed by atoms with Crippen molar-refractivity contribution < 1.29 is 0 Å². The molecule has 0 saturated heterocycles. The largest absolute Gasteiger partial charge is 0.352 e. The van der Waals surface area contributed by atoms with Crippen molar-refractivity contribution in [3.05, 3.63) is 52.3 Å². The van der Waals surface area contributed by atoms with Crippen molar-refractivity contribution in [2.75, 3.05) is 14.1 Å². The standard InChI is InChI=1S/C19H29N5/c1-7-16-8-10-17(11-9-16)13-23(5)19(20-4)21-12-18-14(2)22-24(6)15(18)3/h8-11H,7,12-13H2,1-6H3,(H,20,21). The number of aromatic nitrogens is 2. The second kappa shape index (κ2) is 7.99. The zero-order valence-corrected chi connectivity index (χ0v) is 15.7. The van der Waals surface area contributed by atoms with Crippen LogP contribution in [0.1, 0.15) is 35.0 Å². The van der Waals surface area contributed by atoms with Crippen molar-refractivity contribution in [3.8, 4) is 0 Å². The number of rotatable bonds is 5. The first-order chi connectivity index (χ1) is 11.5. The molecule has 0 unspecified atom stereocenters. The molecule has 1 heterocycles. The number of hydrogen-bond acceptors (Lipinski definition) is 2. The molecule has 24 heavy (non-hydrogen) atoms. The van der Waals surface area contributed by atoms with E-state index in [1.54, 1.807) is 0 Å². The van der Waals surface area contributed by atoms with Gasteiger partial charge in [-0.2, -0.15) is 5.10 Å². The summed E-state index contributed by atoms with van der Waals surface area (Å²) in [5, 5.41) is 7.91. The van der Waals surface area contributed by atoms with E-state index in [-0.39, 0.29) is 0 Å². The van der Waals surface area contributed by atoms with Crippen LogP contribution in [-0.4, -0.2) is 34.7 Å². The minimum atomic E-state index is 0.733. The van der Waals surface area contributed by atoms with Crippen LogP contribution in [0.5, 0.6) is 0 Å². The van der Waals surface area contributed by atoms with Gasteiger partial charge in [-0.05, 0) is 31.4 Å². The van der Waals surface area contributed by atoms with Gasteiger partial charge in [0.1, 0.15) is 0 Å². The van der Waals surface area contributed by atoms with Gasteiger partial charge in [-0.3, -0.25) is 9.67 Å². The van der Waals surface area contributed by atoms with E-state index >= 15 is 0 Å². The monoisotopic (exact) mass is 327 g/mol. The lowest BCUT2D eigenvalue weighted by Crippen LogP contribution is -2.38. The SMILES string of the molecule is CCc1ccc(CN(C)C(=NC)NCc2c(C)nn(C)c2C)cc1. The molecule has 2 rings (SSSR count). The maximum absolute atomic E-state index is 4.47. The topological polar surface area (TPSA) is 45.4 Å². The fraction of sp³-hybridized carbons (Fsp3) is 0.474. The summed E-state index contributed by atoms with van der Waals surface area (Å²) in [5.74, 6) is 0.886. The normalized spacial score (nSPS) is 11.7. The van der Waals surface area contributed by atoms with Crippen molar-refractivity contribution in [3.63, 3.8) is 0 Å². The molecule has 0 aliphatic rings. The van der Waals surface area contributed by atoms with Crippen LogP contribution in [0.3, 0.4) is 0 Å². The highest BCUT2D eigenvalue weighted by molar-refractivity contribution is 5.79. The highest BCUT2D eigenvalue weighted by Crippen LogP contribution is 2.12. The van der Waals surface area contributed by atoms with E-state index in [0.29, 0.717) is 0 Å². The van der Waals surface area contributed by atoms with Crippen LogP contribution < -0.4 is 5.32 Å². The third kappa shape index (κ3) is 4.16. The van der Waals surface area contributed by atoms with Gasteiger partial charge in [-0.1, -0.05) is 31.2 Å². The number of benzene rings is 1. The van der Waals surface area contributed by atoms with Gasteiger partial charge < -0.3 is 10.2 Å². The second-order valence-electron chi connectivity index (χ2n) is 6.20. The molecule has 1 aromatic carbocycles. The average molecular weight is 327 g/mol. The van der Waals surface area contributed by atoms with E-state index in [0.717, 1.165) is 31.2 Å². The lowest BCUT2D eigenvalue weighted by atomic mass is 10.1. The van der Waals surface area contributed by atoms with Crippen molar-refractivity contribution in [2.24, 2.45) is 12.0 Å². The first kappa shape index (κ1) is 18.0.